The van der Waals surface area contributed by atoms with E-state index in [9.17, 15) is 9.90 Å². The van der Waals surface area contributed by atoms with E-state index in [4.69, 9.17) is 4.74 Å². The summed E-state index contributed by atoms with van der Waals surface area (Å²) >= 11 is 0. The van der Waals surface area contributed by atoms with Gasteiger partial charge in [0.25, 0.3) is 0 Å². The van der Waals surface area contributed by atoms with Crippen molar-refractivity contribution in [1.82, 2.24) is 0 Å². The van der Waals surface area contributed by atoms with Gasteiger partial charge in [-0.1, -0.05) is 58.3 Å². The summed E-state index contributed by atoms with van der Waals surface area (Å²) in [5, 5.41) is 9.65. The normalized spacial score (nSPS) is 22.5. The quantitative estimate of drug-likeness (QED) is 0.485. The van der Waals surface area contributed by atoms with Crippen LogP contribution in [0.3, 0.4) is 0 Å². The maximum atomic E-state index is 11.1. The summed E-state index contributed by atoms with van der Waals surface area (Å²) in [6.07, 6.45) is 14.1. The van der Waals surface area contributed by atoms with Gasteiger partial charge >= 0.3 is 5.97 Å². The molecule has 1 aliphatic heterocycles. The van der Waals surface area contributed by atoms with Crippen LogP contribution in [0.25, 0.3) is 0 Å². The maximum Gasteiger partial charge on any atom is 0.330 e. The van der Waals surface area contributed by atoms with Gasteiger partial charge in [0.15, 0.2) is 0 Å². The molecule has 19 heavy (non-hydrogen) atoms. The third kappa shape index (κ3) is 7.36. The number of cyclic esters (lactones) is 1. The molecule has 0 bridgehead atoms. The van der Waals surface area contributed by atoms with Crippen LogP contribution in [0.2, 0.25) is 0 Å². The van der Waals surface area contributed by atoms with E-state index in [0.717, 1.165) is 19.3 Å². The number of carbonyl (C=O) groups is 1. The molecular weight excluding hydrogens is 240 g/mol. The minimum absolute atomic E-state index is 0.328. The topological polar surface area (TPSA) is 46.5 Å². The fourth-order valence-electron chi connectivity index (χ4n) is 2.45. The lowest BCUT2D eigenvalue weighted by Crippen LogP contribution is -2.32. The van der Waals surface area contributed by atoms with Crippen molar-refractivity contribution in [1.29, 1.82) is 0 Å². The summed E-state index contributed by atoms with van der Waals surface area (Å²) in [5.41, 5.74) is 0. The largest absolute Gasteiger partial charge is 0.456 e. The molecule has 3 heteroatoms. The van der Waals surface area contributed by atoms with Crippen molar-refractivity contribution in [3.05, 3.63) is 12.2 Å². The number of aliphatic hydroxyl groups is 1. The van der Waals surface area contributed by atoms with Gasteiger partial charge in [0.2, 0.25) is 0 Å². The Morgan fingerprint density at radius 2 is 1.63 bits per heavy atom. The van der Waals surface area contributed by atoms with E-state index >= 15 is 0 Å². The average Bonchev–Trinajstić information content (AvgIpc) is 2.40. The zero-order valence-electron chi connectivity index (χ0n) is 12.1. The number of esters is 1. The zero-order valence-corrected chi connectivity index (χ0v) is 12.1. The first-order valence-corrected chi connectivity index (χ1v) is 7.81. The molecule has 0 amide bonds. The van der Waals surface area contributed by atoms with Crippen molar-refractivity contribution >= 4 is 5.97 Å². The number of hydrogen-bond donors (Lipinski definition) is 1. The number of hydrogen-bond acceptors (Lipinski definition) is 3. The standard InChI is InChI=1S/C16H28O3/c1-2-3-4-5-6-7-8-9-10-11-15-14(17)12-13-16(18)19-15/h12-15,17H,2-11H2,1H3. The summed E-state index contributed by atoms with van der Waals surface area (Å²) in [6.45, 7) is 2.24. The van der Waals surface area contributed by atoms with Gasteiger partial charge in [0, 0.05) is 6.08 Å². The molecule has 0 saturated heterocycles. The highest BCUT2D eigenvalue weighted by molar-refractivity contribution is 5.83. The minimum Gasteiger partial charge on any atom is -0.456 e. The van der Waals surface area contributed by atoms with E-state index in [-0.39, 0.29) is 12.1 Å². The molecule has 0 spiro atoms. The summed E-state index contributed by atoms with van der Waals surface area (Å²) in [7, 11) is 0. The second-order valence-corrected chi connectivity index (χ2v) is 5.44. The molecule has 0 aliphatic carbocycles. The van der Waals surface area contributed by atoms with Gasteiger partial charge in [-0.2, -0.15) is 0 Å². The monoisotopic (exact) mass is 268 g/mol. The summed E-state index contributed by atoms with van der Waals surface area (Å²) in [5.74, 6) is -0.328. The molecule has 0 aromatic rings. The maximum absolute atomic E-state index is 11.1. The third-order valence-corrected chi connectivity index (χ3v) is 3.67. The van der Waals surface area contributed by atoms with E-state index in [0.29, 0.717) is 0 Å². The fraction of sp³-hybridized carbons (Fsp3) is 0.812. The van der Waals surface area contributed by atoms with Gasteiger partial charge in [-0.25, -0.2) is 4.79 Å². The number of aliphatic hydroxyl groups excluding tert-OH is 1. The first-order valence-electron chi connectivity index (χ1n) is 7.81. The Balaban J connectivity index is 1.93. The molecule has 110 valence electrons. The molecule has 3 nitrogen and oxygen atoms in total. The molecule has 1 aliphatic rings. The van der Waals surface area contributed by atoms with Crippen molar-refractivity contribution < 1.29 is 14.6 Å². The van der Waals surface area contributed by atoms with Crippen LogP contribution in [0, 0.1) is 0 Å². The Morgan fingerprint density at radius 3 is 2.26 bits per heavy atom. The van der Waals surface area contributed by atoms with Gasteiger partial charge in [0.1, 0.15) is 12.2 Å². The Kier molecular flexibility index (Phi) is 8.55. The molecule has 0 saturated carbocycles. The lowest BCUT2D eigenvalue weighted by molar-refractivity contribution is -0.149. The lowest BCUT2D eigenvalue weighted by Gasteiger charge is -2.23. The smallest absolute Gasteiger partial charge is 0.330 e. The van der Waals surface area contributed by atoms with Crippen LogP contribution in [0.5, 0.6) is 0 Å². The van der Waals surface area contributed by atoms with Crippen molar-refractivity contribution in [3.63, 3.8) is 0 Å². The zero-order chi connectivity index (χ0) is 13.9. The second kappa shape index (κ2) is 10.0. The van der Waals surface area contributed by atoms with Crippen molar-refractivity contribution in [3.8, 4) is 0 Å². The van der Waals surface area contributed by atoms with E-state index in [1.165, 1.54) is 57.1 Å². The van der Waals surface area contributed by atoms with Gasteiger partial charge in [0.05, 0.1) is 0 Å². The van der Waals surface area contributed by atoms with E-state index in [1.807, 2.05) is 0 Å². The van der Waals surface area contributed by atoms with Gasteiger partial charge in [-0.05, 0) is 18.9 Å². The number of unbranched alkanes of at least 4 members (excludes halogenated alkanes) is 8. The molecule has 1 rings (SSSR count). The van der Waals surface area contributed by atoms with Crippen LogP contribution in [0.15, 0.2) is 12.2 Å². The van der Waals surface area contributed by atoms with Crippen LogP contribution in [0.1, 0.15) is 71.1 Å². The SMILES string of the molecule is CCCCCCCCCCCC1OC(=O)C=CC1O. The Bertz CT molecular complexity index is 273. The molecule has 0 fully saturated rings. The van der Waals surface area contributed by atoms with Crippen LogP contribution < -0.4 is 0 Å². The van der Waals surface area contributed by atoms with Crippen LogP contribution in [0.4, 0.5) is 0 Å². The summed E-state index contributed by atoms with van der Waals surface area (Å²) in [6, 6.07) is 0. The Hall–Kier alpha value is -0.830. The highest BCUT2D eigenvalue weighted by Gasteiger charge is 2.23. The highest BCUT2D eigenvalue weighted by atomic mass is 16.6. The first kappa shape index (κ1) is 16.2. The molecule has 0 aromatic heterocycles. The van der Waals surface area contributed by atoms with Crippen molar-refractivity contribution in [2.24, 2.45) is 0 Å². The molecule has 1 heterocycles. The summed E-state index contributed by atoms with van der Waals surface area (Å²) in [4.78, 5) is 11.1. The minimum atomic E-state index is -0.619. The molecule has 1 N–H and O–H groups in total. The second-order valence-electron chi connectivity index (χ2n) is 5.44. The van der Waals surface area contributed by atoms with Gasteiger partial charge in [-0.15, -0.1) is 0 Å². The molecule has 0 radical (unpaired) electrons. The van der Waals surface area contributed by atoms with Gasteiger partial charge < -0.3 is 9.84 Å². The highest BCUT2D eigenvalue weighted by Crippen LogP contribution is 2.17. The molecule has 2 atom stereocenters. The van der Waals surface area contributed by atoms with Crippen molar-refractivity contribution in [2.75, 3.05) is 0 Å². The predicted octanol–water partition coefficient (Wildman–Crippen LogP) is 3.75. The molecule has 2 unspecified atom stereocenters. The number of ether oxygens (including phenoxy) is 1. The third-order valence-electron chi connectivity index (χ3n) is 3.67. The van der Waals surface area contributed by atoms with E-state index in [2.05, 4.69) is 6.92 Å². The Labute approximate surface area is 117 Å². The van der Waals surface area contributed by atoms with Crippen molar-refractivity contribution in [2.45, 2.75) is 83.3 Å². The molecular formula is C16H28O3. The number of rotatable bonds is 10. The van der Waals surface area contributed by atoms with E-state index < -0.39 is 6.10 Å². The fourth-order valence-corrected chi connectivity index (χ4v) is 2.45. The summed E-state index contributed by atoms with van der Waals surface area (Å²) < 4.78 is 5.09. The predicted molar refractivity (Wildman–Crippen MR) is 76.9 cm³/mol. The van der Waals surface area contributed by atoms with Gasteiger partial charge in [-0.3, -0.25) is 0 Å². The number of carbonyl (C=O) groups excluding carboxylic acids is 1. The van der Waals surface area contributed by atoms with Crippen LogP contribution in [-0.4, -0.2) is 23.3 Å². The van der Waals surface area contributed by atoms with E-state index in [1.54, 1.807) is 0 Å². The average molecular weight is 268 g/mol. The van der Waals surface area contributed by atoms with Crippen LogP contribution in [-0.2, 0) is 9.53 Å². The lowest BCUT2D eigenvalue weighted by atomic mass is 10.0. The Morgan fingerprint density at radius 1 is 1.05 bits per heavy atom. The first-order chi connectivity index (χ1) is 9.24. The molecule has 0 aromatic carbocycles. The van der Waals surface area contributed by atoms with Crippen LogP contribution >= 0.6 is 0 Å².